The number of hydrogen-bond acceptors (Lipinski definition) is 3. The smallest absolute Gasteiger partial charge is 0.240 e. The molecule has 2 atom stereocenters. The van der Waals surface area contributed by atoms with Crippen molar-refractivity contribution in [2.45, 2.75) is 37.8 Å². The van der Waals surface area contributed by atoms with Crippen LogP contribution in [0.3, 0.4) is 0 Å². The summed E-state index contributed by atoms with van der Waals surface area (Å²) >= 11 is 0. The van der Waals surface area contributed by atoms with Crippen molar-refractivity contribution in [1.29, 1.82) is 0 Å². The molecule has 1 amide bonds. The lowest BCUT2D eigenvalue weighted by molar-refractivity contribution is -0.134. The summed E-state index contributed by atoms with van der Waals surface area (Å²) in [5, 5.41) is 3.30. The highest BCUT2D eigenvalue weighted by Crippen LogP contribution is 2.32. The third-order valence-corrected chi connectivity index (χ3v) is 3.96. The van der Waals surface area contributed by atoms with Gasteiger partial charge < -0.3 is 10.2 Å². The summed E-state index contributed by atoms with van der Waals surface area (Å²) in [5.74, 6) is 0.277. The lowest BCUT2D eigenvalue weighted by Gasteiger charge is -2.27. The molecule has 0 radical (unpaired) electrons. The van der Waals surface area contributed by atoms with Crippen LogP contribution in [0.25, 0.3) is 0 Å². The second-order valence-electron chi connectivity index (χ2n) is 5.12. The van der Waals surface area contributed by atoms with E-state index in [9.17, 15) is 4.79 Å². The molecular formula is C14H19N3O. The van der Waals surface area contributed by atoms with Gasteiger partial charge in [0.15, 0.2) is 0 Å². The van der Waals surface area contributed by atoms with Gasteiger partial charge in [0.05, 0.1) is 12.1 Å². The van der Waals surface area contributed by atoms with Crippen molar-refractivity contribution in [1.82, 2.24) is 15.2 Å². The van der Waals surface area contributed by atoms with E-state index in [1.54, 1.807) is 6.20 Å². The number of likely N-dealkylation sites (tertiary alicyclic amines) is 1. The number of nitrogens with one attached hydrogen (secondary N) is 1. The SMILES string of the molecule is O=C([C@@H]1CCCN1)N1CCCC1c1cccnc1. The van der Waals surface area contributed by atoms with Crippen molar-refractivity contribution in [2.24, 2.45) is 0 Å². The zero-order valence-electron chi connectivity index (χ0n) is 10.5. The van der Waals surface area contributed by atoms with E-state index in [0.29, 0.717) is 0 Å². The zero-order chi connectivity index (χ0) is 12.4. The van der Waals surface area contributed by atoms with Crippen LogP contribution in [-0.2, 0) is 4.79 Å². The van der Waals surface area contributed by atoms with E-state index < -0.39 is 0 Å². The predicted octanol–water partition coefficient (Wildman–Crippen LogP) is 1.50. The summed E-state index contributed by atoms with van der Waals surface area (Å²) in [5.41, 5.74) is 1.17. The van der Waals surface area contributed by atoms with Crippen LogP contribution in [0.4, 0.5) is 0 Å². The van der Waals surface area contributed by atoms with Crippen LogP contribution in [-0.4, -0.2) is 34.9 Å². The number of rotatable bonds is 2. The predicted molar refractivity (Wildman–Crippen MR) is 68.9 cm³/mol. The van der Waals surface area contributed by atoms with Gasteiger partial charge in [0.2, 0.25) is 5.91 Å². The molecule has 1 aromatic rings. The molecule has 3 rings (SSSR count). The lowest BCUT2D eigenvalue weighted by atomic mass is 10.1. The summed E-state index contributed by atoms with van der Waals surface area (Å²) < 4.78 is 0. The molecule has 0 saturated carbocycles. The number of nitrogens with zero attached hydrogens (tertiary/aromatic N) is 2. The number of amides is 1. The molecule has 2 aliphatic heterocycles. The Morgan fingerprint density at radius 1 is 1.39 bits per heavy atom. The van der Waals surface area contributed by atoms with Gasteiger partial charge in [-0.25, -0.2) is 0 Å². The first-order valence-corrected chi connectivity index (χ1v) is 6.80. The molecule has 4 nitrogen and oxygen atoms in total. The van der Waals surface area contributed by atoms with Crippen LogP contribution in [0.1, 0.15) is 37.3 Å². The van der Waals surface area contributed by atoms with Gasteiger partial charge in [0.1, 0.15) is 0 Å². The molecule has 2 saturated heterocycles. The van der Waals surface area contributed by atoms with Crippen LogP contribution < -0.4 is 5.32 Å². The van der Waals surface area contributed by atoms with Crippen LogP contribution in [0.15, 0.2) is 24.5 Å². The molecule has 2 aliphatic rings. The first-order chi connectivity index (χ1) is 8.86. The monoisotopic (exact) mass is 245 g/mol. The van der Waals surface area contributed by atoms with Crippen molar-refractivity contribution < 1.29 is 4.79 Å². The van der Waals surface area contributed by atoms with E-state index in [-0.39, 0.29) is 18.0 Å². The first kappa shape index (κ1) is 11.7. The maximum atomic E-state index is 12.5. The van der Waals surface area contributed by atoms with Gasteiger partial charge in [-0.3, -0.25) is 9.78 Å². The summed E-state index contributed by atoms with van der Waals surface area (Å²) in [6.45, 7) is 1.86. The minimum absolute atomic E-state index is 0.0438. The van der Waals surface area contributed by atoms with Gasteiger partial charge in [-0.2, -0.15) is 0 Å². The molecule has 1 aromatic heterocycles. The topological polar surface area (TPSA) is 45.2 Å². The number of carbonyl (C=O) groups excluding carboxylic acids is 1. The fourth-order valence-corrected chi connectivity index (χ4v) is 3.05. The van der Waals surface area contributed by atoms with E-state index in [0.717, 1.165) is 38.8 Å². The maximum Gasteiger partial charge on any atom is 0.240 e. The molecule has 1 N–H and O–H groups in total. The molecule has 96 valence electrons. The third-order valence-electron chi connectivity index (χ3n) is 3.96. The number of carbonyl (C=O) groups is 1. The Morgan fingerprint density at radius 3 is 3.06 bits per heavy atom. The second-order valence-corrected chi connectivity index (χ2v) is 5.12. The van der Waals surface area contributed by atoms with Crippen LogP contribution in [0, 0.1) is 0 Å². The first-order valence-electron chi connectivity index (χ1n) is 6.80. The third kappa shape index (κ3) is 2.12. The normalized spacial score (nSPS) is 27.7. The van der Waals surface area contributed by atoms with Gasteiger partial charge >= 0.3 is 0 Å². The highest BCUT2D eigenvalue weighted by Gasteiger charge is 2.34. The van der Waals surface area contributed by atoms with E-state index in [2.05, 4.69) is 16.4 Å². The Hall–Kier alpha value is -1.42. The summed E-state index contributed by atoms with van der Waals surface area (Å²) in [6, 6.07) is 4.30. The van der Waals surface area contributed by atoms with Gasteiger partial charge in [-0.15, -0.1) is 0 Å². The molecule has 4 heteroatoms. The molecule has 18 heavy (non-hydrogen) atoms. The fraction of sp³-hybridized carbons (Fsp3) is 0.571. The Labute approximate surface area is 107 Å². The fourth-order valence-electron chi connectivity index (χ4n) is 3.05. The second kappa shape index (κ2) is 5.06. The molecule has 1 unspecified atom stereocenters. The molecule has 0 aromatic carbocycles. The molecule has 0 bridgehead atoms. The van der Waals surface area contributed by atoms with Crippen molar-refractivity contribution in [3.05, 3.63) is 30.1 Å². The van der Waals surface area contributed by atoms with Crippen LogP contribution in [0.5, 0.6) is 0 Å². The number of aromatic nitrogens is 1. The van der Waals surface area contributed by atoms with Crippen molar-refractivity contribution in [2.75, 3.05) is 13.1 Å². The van der Waals surface area contributed by atoms with Crippen molar-refractivity contribution in [3.63, 3.8) is 0 Å². The highest BCUT2D eigenvalue weighted by molar-refractivity contribution is 5.82. The van der Waals surface area contributed by atoms with Crippen molar-refractivity contribution >= 4 is 5.91 Å². The van der Waals surface area contributed by atoms with Crippen LogP contribution >= 0.6 is 0 Å². The van der Waals surface area contributed by atoms with Crippen molar-refractivity contribution in [3.8, 4) is 0 Å². The molecule has 0 spiro atoms. The Kier molecular flexibility index (Phi) is 3.28. The zero-order valence-corrected chi connectivity index (χ0v) is 10.5. The lowest BCUT2D eigenvalue weighted by Crippen LogP contribution is -2.43. The van der Waals surface area contributed by atoms with Gasteiger partial charge in [-0.1, -0.05) is 6.07 Å². The average Bonchev–Trinajstić information content (AvgIpc) is 3.10. The Bertz CT molecular complexity index is 414. The molecule has 3 heterocycles. The summed E-state index contributed by atoms with van der Waals surface area (Å²) in [7, 11) is 0. The highest BCUT2D eigenvalue weighted by atomic mass is 16.2. The van der Waals surface area contributed by atoms with Crippen LogP contribution in [0.2, 0.25) is 0 Å². The minimum Gasteiger partial charge on any atom is -0.334 e. The van der Waals surface area contributed by atoms with Gasteiger partial charge in [-0.05, 0) is 43.9 Å². The van der Waals surface area contributed by atoms with E-state index in [1.807, 2.05) is 17.2 Å². The standard InChI is InChI=1S/C14H19N3O/c18-14(12-5-2-8-16-12)17-9-3-6-13(17)11-4-1-7-15-10-11/h1,4,7,10,12-13,16H,2-3,5-6,8-9H2/t12-,13?/m0/s1. The summed E-state index contributed by atoms with van der Waals surface area (Å²) in [4.78, 5) is 18.7. The number of hydrogen-bond donors (Lipinski definition) is 1. The van der Waals surface area contributed by atoms with Gasteiger partial charge in [0.25, 0.3) is 0 Å². The summed E-state index contributed by atoms with van der Waals surface area (Å²) in [6.07, 6.45) is 7.92. The minimum atomic E-state index is 0.0438. The largest absolute Gasteiger partial charge is 0.334 e. The van der Waals surface area contributed by atoms with E-state index in [4.69, 9.17) is 0 Å². The van der Waals surface area contributed by atoms with E-state index >= 15 is 0 Å². The van der Waals surface area contributed by atoms with Gasteiger partial charge in [0, 0.05) is 18.9 Å². The quantitative estimate of drug-likeness (QED) is 0.858. The van der Waals surface area contributed by atoms with E-state index in [1.165, 1.54) is 5.56 Å². The average molecular weight is 245 g/mol. The molecule has 0 aliphatic carbocycles. The number of pyridine rings is 1. The maximum absolute atomic E-state index is 12.5. The Morgan fingerprint density at radius 2 is 2.33 bits per heavy atom. The molecule has 2 fully saturated rings. The molecular weight excluding hydrogens is 226 g/mol. The Balaban J connectivity index is 1.77.